The summed E-state index contributed by atoms with van der Waals surface area (Å²) in [6.45, 7) is 4.28. The lowest BCUT2D eigenvalue weighted by Gasteiger charge is -2.35. The molecule has 1 aromatic heterocycles. The molecule has 0 radical (unpaired) electrons. The number of halogens is 1. The summed E-state index contributed by atoms with van der Waals surface area (Å²) in [5.41, 5.74) is 1.14. The average Bonchev–Trinajstić information content (AvgIpc) is 3.23. The van der Waals surface area contributed by atoms with Crippen molar-refractivity contribution < 1.29 is 22.1 Å². The summed E-state index contributed by atoms with van der Waals surface area (Å²) < 4.78 is 50.5. The maximum atomic E-state index is 14.0. The molecule has 164 valence electrons. The summed E-state index contributed by atoms with van der Waals surface area (Å²) in [6.07, 6.45) is 1.36. The number of benzene rings is 1. The predicted octanol–water partition coefficient (Wildman–Crippen LogP) is 1.44. The van der Waals surface area contributed by atoms with Gasteiger partial charge >= 0.3 is 0 Å². The number of guanidine groups is 1. The van der Waals surface area contributed by atoms with E-state index in [0.717, 1.165) is 5.56 Å². The normalized spacial score (nSPS) is 16.0. The fourth-order valence-electron chi connectivity index (χ4n) is 3.21. The molecule has 3 rings (SSSR count). The van der Waals surface area contributed by atoms with Gasteiger partial charge in [0.1, 0.15) is 12.0 Å². The van der Waals surface area contributed by atoms with Gasteiger partial charge in [0.05, 0.1) is 12.3 Å². The van der Waals surface area contributed by atoms with Gasteiger partial charge in [-0.2, -0.15) is 4.31 Å². The first-order chi connectivity index (χ1) is 14.4. The van der Waals surface area contributed by atoms with E-state index in [9.17, 15) is 12.8 Å². The molecule has 2 aromatic rings. The first kappa shape index (κ1) is 22.0. The first-order valence-corrected chi connectivity index (χ1v) is 11.3. The minimum Gasteiger partial charge on any atom is -0.491 e. The van der Waals surface area contributed by atoms with E-state index < -0.39 is 15.8 Å². The standard InChI is InChI=1S/C19H26FN5O4S/c1-3-28-18-5-4-15(12-17(18)20)13-22-19(21-2)24-7-9-25(10-8-24)30(26,27)14-16-6-11-29-23-16/h4-6,11-12H,3,7-10,13-14H2,1-2H3,(H,21,22). The van der Waals surface area contributed by atoms with Crippen molar-refractivity contribution in [2.75, 3.05) is 39.8 Å². The third kappa shape index (κ3) is 5.48. The van der Waals surface area contributed by atoms with Crippen molar-refractivity contribution in [3.8, 4) is 5.75 Å². The Kier molecular flexibility index (Phi) is 7.27. The number of piperazine rings is 1. The molecule has 0 amide bonds. The molecule has 1 aliphatic heterocycles. The summed E-state index contributed by atoms with van der Waals surface area (Å²) in [4.78, 5) is 6.25. The highest BCUT2D eigenvalue weighted by Gasteiger charge is 2.29. The molecular formula is C19H26FN5O4S. The lowest BCUT2D eigenvalue weighted by molar-refractivity contribution is 0.259. The molecule has 1 aliphatic rings. The van der Waals surface area contributed by atoms with Crippen molar-refractivity contribution >= 4 is 16.0 Å². The van der Waals surface area contributed by atoms with Crippen molar-refractivity contribution in [2.45, 2.75) is 19.2 Å². The van der Waals surface area contributed by atoms with E-state index in [2.05, 4.69) is 15.5 Å². The zero-order valence-electron chi connectivity index (χ0n) is 17.0. The van der Waals surface area contributed by atoms with Crippen molar-refractivity contribution in [2.24, 2.45) is 4.99 Å². The number of sulfonamides is 1. The molecule has 0 saturated carbocycles. The van der Waals surface area contributed by atoms with Crippen LogP contribution in [0.1, 0.15) is 18.2 Å². The summed E-state index contributed by atoms with van der Waals surface area (Å²) in [7, 11) is -1.80. The van der Waals surface area contributed by atoms with Crippen molar-refractivity contribution in [3.05, 3.63) is 47.6 Å². The van der Waals surface area contributed by atoms with Crippen molar-refractivity contribution in [1.29, 1.82) is 0 Å². The molecule has 0 bridgehead atoms. The summed E-state index contributed by atoms with van der Waals surface area (Å²) in [5.74, 6) is 0.281. The molecule has 0 unspecified atom stereocenters. The Morgan fingerprint density at radius 1 is 1.30 bits per heavy atom. The minimum absolute atomic E-state index is 0.181. The number of hydrogen-bond acceptors (Lipinski definition) is 6. The summed E-state index contributed by atoms with van der Waals surface area (Å²) in [6, 6.07) is 6.38. The zero-order valence-corrected chi connectivity index (χ0v) is 17.9. The topological polar surface area (TPSA) is 100 Å². The van der Waals surface area contributed by atoms with Crippen LogP contribution in [0.5, 0.6) is 5.75 Å². The SMILES string of the molecule is CCOc1ccc(CNC(=NC)N2CCN(S(=O)(=O)Cc3ccon3)CC2)cc1F. The molecule has 1 saturated heterocycles. The van der Waals surface area contributed by atoms with Gasteiger partial charge in [-0.25, -0.2) is 12.8 Å². The van der Waals surface area contributed by atoms with Gasteiger partial charge in [0.25, 0.3) is 0 Å². The molecule has 9 nitrogen and oxygen atoms in total. The number of aliphatic imine (C=N–C) groups is 1. The second-order valence-electron chi connectivity index (χ2n) is 6.73. The Morgan fingerprint density at radius 2 is 2.07 bits per heavy atom. The Morgan fingerprint density at radius 3 is 2.67 bits per heavy atom. The van der Waals surface area contributed by atoms with Crippen LogP contribution in [0.15, 0.2) is 40.0 Å². The van der Waals surface area contributed by atoms with E-state index in [1.165, 1.54) is 16.6 Å². The Bertz CT molecular complexity index is 957. The van der Waals surface area contributed by atoms with Gasteiger partial charge in [0.2, 0.25) is 10.0 Å². The fourth-order valence-corrected chi connectivity index (χ4v) is 4.63. The highest BCUT2D eigenvalue weighted by Crippen LogP contribution is 2.18. The van der Waals surface area contributed by atoms with Crippen molar-refractivity contribution in [3.63, 3.8) is 0 Å². The molecule has 0 spiro atoms. The van der Waals surface area contributed by atoms with Crippen LogP contribution in [0.25, 0.3) is 0 Å². The monoisotopic (exact) mass is 439 g/mol. The second-order valence-corrected chi connectivity index (χ2v) is 8.70. The maximum Gasteiger partial charge on any atom is 0.220 e. The van der Waals surface area contributed by atoms with Crippen LogP contribution in [0.4, 0.5) is 4.39 Å². The molecule has 11 heteroatoms. The van der Waals surface area contributed by atoms with Crippen LogP contribution < -0.4 is 10.1 Å². The van der Waals surface area contributed by atoms with Crippen LogP contribution in [-0.4, -0.2) is 68.6 Å². The third-order valence-corrected chi connectivity index (χ3v) is 6.52. The third-order valence-electron chi connectivity index (χ3n) is 4.71. The van der Waals surface area contributed by atoms with Gasteiger partial charge in [0.15, 0.2) is 17.5 Å². The minimum atomic E-state index is -3.46. The van der Waals surface area contributed by atoms with Gasteiger partial charge in [0, 0.05) is 45.8 Å². The smallest absolute Gasteiger partial charge is 0.220 e. The number of rotatable bonds is 7. The van der Waals surface area contributed by atoms with E-state index in [-0.39, 0.29) is 11.5 Å². The van der Waals surface area contributed by atoms with Crippen LogP contribution in [0.3, 0.4) is 0 Å². The second kappa shape index (κ2) is 9.90. The molecular weight excluding hydrogens is 413 g/mol. The number of nitrogens with zero attached hydrogens (tertiary/aromatic N) is 4. The van der Waals surface area contributed by atoms with Crippen LogP contribution in [0, 0.1) is 5.82 Å². The van der Waals surface area contributed by atoms with E-state index in [1.807, 2.05) is 4.90 Å². The lowest BCUT2D eigenvalue weighted by atomic mass is 10.2. The average molecular weight is 440 g/mol. The van der Waals surface area contributed by atoms with Crippen LogP contribution in [0.2, 0.25) is 0 Å². The van der Waals surface area contributed by atoms with Gasteiger partial charge in [-0.05, 0) is 24.6 Å². The van der Waals surface area contributed by atoms with Crippen molar-refractivity contribution in [1.82, 2.24) is 19.7 Å². The highest BCUT2D eigenvalue weighted by molar-refractivity contribution is 7.88. The number of hydrogen-bond donors (Lipinski definition) is 1. The molecule has 1 aromatic carbocycles. The first-order valence-electron chi connectivity index (χ1n) is 9.67. The van der Waals surface area contributed by atoms with Crippen LogP contribution in [-0.2, 0) is 22.3 Å². The Labute approximate surface area is 175 Å². The molecule has 0 atom stereocenters. The fraction of sp³-hybridized carbons (Fsp3) is 0.474. The van der Waals surface area contributed by atoms with Gasteiger partial charge in [-0.15, -0.1) is 0 Å². The number of nitrogens with one attached hydrogen (secondary N) is 1. The number of ether oxygens (including phenoxy) is 1. The quantitative estimate of drug-likeness (QED) is 0.515. The summed E-state index contributed by atoms with van der Waals surface area (Å²) in [5, 5.41) is 6.87. The van der Waals surface area contributed by atoms with Gasteiger partial charge in [-0.3, -0.25) is 4.99 Å². The Balaban J connectivity index is 1.53. The zero-order chi connectivity index (χ0) is 21.6. The summed E-state index contributed by atoms with van der Waals surface area (Å²) >= 11 is 0. The van der Waals surface area contributed by atoms with Crippen LogP contribution >= 0.6 is 0 Å². The Hall–Kier alpha value is -2.66. The van der Waals surface area contributed by atoms with E-state index in [4.69, 9.17) is 9.26 Å². The molecule has 2 heterocycles. The van der Waals surface area contributed by atoms with Gasteiger partial charge < -0.3 is 19.5 Å². The maximum absolute atomic E-state index is 14.0. The predicted molar refractivity (Wildman–Crippen MR) is 110 cm³/mol. The largest absolute Gasteiger partial charge is 0.491 e. The lowest BCUT2D eigenvalue weighted by Crippen LogP contribution is -2.53. The number of aromatic nitrogens is 1. The van der Waals surface area contributed by atoms with E-state index in [1.54, 1.807) is 32.2 Å². The molecule has 1 N–H and O–H groups in total. The highest BCUT2D eigenvalue weighted by atomic mass is 32.2. The molecule has 0 aliphatic carbocycles. The van der Waals surface area contributed by atoms with E-state index in [0.29, 0.717) is 51.0 Å². The van der Waals surface area contributed by atoms with Gasteiger partial charge in [-0.1, -0.05) is 11.2 Å². The van der Waals surface area contributed by atoms with E-state index >= 15 is 0 Å². The molecule has 1 fully saturated rings. The molecule has 30 heavy (non-hydrogen) atoms.